The molecular formula is C15H22N2O4S. The molecule has 3 rings (SSSR count). The van der Waals surface area contributed by atoms with Gasteiger partial charge in [-0.15, -0.1) is 0 Å². The Bertz CT molecular complexity index is 620. The molecule has 22 heavy (non-hydrogen) atoms. The number of ether oxygens (including phenoxy) is 2. The normalized spacial score (nSPS) is 25.9. The number of hydrogen-bond acceptors (Lipinski definition) is 4. The van der Waals surface area contributed by atoms with Crippen LogP contribution in [0.2, 0.25) is 0 Å². The summed E-state index contributed by atoms with van der Waals surface area (Å²) in [5.41, 5.74) is 0. The van der Waals surface area contributed by atoms with Gasteiger partial charge in [-0.3, -0.25) is 0 Å². The summed E-state index contributed by atoms with van der Waals surface area (Å²) in [4.78, 5) is 0. The van der Waals surface area contributed by atoms with Crippen molar-refractivity contribution in [1.29, 1.82) is 0 Å². The molecule has 2 aliphatic heterocycles. The van der Waals surface area contributed by atoms with Crippen LogP contribution >= 0.6 is 0 Å². The molecule has 1 aromatic rings. The van der Waals surface area contributed by atoms with Gasteiger partial charge in [0.05, 0.1) is 6.54 Å². The Hall–Kier alpha value is -1.31. The smallest absolute Gasteiger partial charge is 0.279 e. The molecule has 1 N–H and O–H groups in total. The maximum atomic E-state index is 12.4. The lowest BCUT2D eigenvalue weighted by Gasteiger charge is -2.33. The fourth-order valence-corrected chi connectivity index (χ4v) is 4.38. The predicted molar refractivity (Wildman–Crippen MR) is 83.3 cm³/mol. The van der Waals surface area contributed by atoms with Gasteiger partial charge in [0.2, 0.25) is 0 Å². The lowest BCUT2D eigenvalue weighted by molar-refractivity contribution is 0.0937. The number of rotatable bonds is 4. The fraction of sp³-hybridized carbons (Fsp3) is 0.600. The quantitative estimate of drug-likeness (QED) is 0.911. The predicted octanol–water partition coefficient (Wildman–Crippen LogP) is 1.54. The summed E-state index contributed by atoms with van der Waals surface area (Å²) in [7, 11) is -3.46. The third-order valence-corrected chi connectivity index (χ3v) is 5.80. The van der Waals surface area contributed by atoms with Gasteiger partial charge >= 0.3 is 0 Å². The van der Waals surface area contributed by atoms with E-state index in [0.29, 0.717) is 24.7 Å². The van der Waals surface area contributed by atoms with E-state index in [2.05, 4.69) is 4.72 Å². The zero-order valence-electron chi connectivity index (χ0n) is 12.7. The molecule has 1 aromatic carbocycles. The Morgan fingerprint density at radius 1 is 1.27 bits per heavy atom. The summed E-state index contributed by atoms with van der Waals surface area (Å²) in [5.74, 6) is 1.36. The number of benzene rings is 1. The Morgan fingerprint density at radius 2 is 2.05 bits per heavy atom. The van der Waals surface area contributed by atoms with Gasteiger partial charge in [-0.1, -0.05) is 18.6 Å². The van der Waals surface area contributed by atoms with Gasteiger partial charge in [0.25, 0.3) is 10.2 Å². The molecule has 7 heteroatoms. The van der Waals surface area contributed by atoms with Gasteiger partial charge in [0.1, 0.15) is 12.7 Å². The third-order valence-electron chi connectivity index (χ3n) is 4.11. The number of para-hydroxylation sites is 2. The van der Waals surface area contributed by atoms with Crippen LogP contribution in [-0.2, 0) is 10.2 Å². The highest BCUT2D eigenvalue weighted by Gasteiger charge is 2.30. The first-order valence-electron chi connectivity index (χ1n) is 7.71. The van der Waals surface area contributed by atoms with Crippen LogP contribution in [0, 0.1) is 0 Å². The summed E-state index contributed by atoms with van der Waals surface area (Å²) in [6.45, 7) is 3.09. The maximum absolute atomic E-state index is 12.4. The Labute approximate surface area is 131 Å². The van der Waals surface area contributed by atoms with Gasteiger partial charge < -0.3 is 9.47 Å². The Morgan fingerprint density at radius 3 is 2.82 bits per heavy atom. The van der Waals surface area contributed by atoms with Crippen LogP contribution in [-0.4, -0.2) is 44.6 Å². The number of piperidine rings is 1. The van der Waals surface area contributed by atoms with Gasteiger partial charge in [0.15, 0.2) is 11.5 Å². The second-order valence-electron chi connectivity index (χ2n) is 5.81. The molecule has 0 bridgehead atoms. The van der Waals surface area contributed by atoms with E-state index in [1.165, 1.54) is 0 Å². The standard InChI is InChI=1S/C15H22N2O4S/c1-12-6-4-5-9-17(12)22(18,19)16-10-13-11-20-14-7-2-3-8-15(14)21-13/h2-3,7-8,12-13,16H,4-6,9-11H2,1H3. The van der Waals surface area contributed by atoms with Gasteiger partial charge in [-0.2, -0.15) is 17.4 Å². The number of fused-ring (bicyclic) bond motifs is 1. The summed E-state index contributed by atoms with van der Waals surface area (Å²) < 4.78 is 40.4. The van der Waals surface area contributed by atoms with Crippen LogP contribution in [0.15, 0.2) is 24.3 Å². The number of hydrogen-bond donors (Lipinski definition) is 1. The highest BCUT2D eigenvalue weighted by atomic mass is 32.2. The van der Waals surface area contributed by atoms with E-state index in [4.69, 9.17) is 9.47 Å². The first-order chi connectivity index (χ1) is 10.6. The van der Waals surface area contributed by atoms with Crippen molar-refractivity contribution in [3.05, 3.63) is 24.3 Å². The SMILES string of the molecule is CC1CCCCN1S(=O)(=O)NCC1COc2ccccc2O1. The van der Waals surface area contributed by atoms with Crippen molar-refractivity contribution in [1.82, 2.24) is 9.03 Å². The summed E-state index contributed by atoms with van der Waals surface area (Å²) in [5, 5.41) is 0. The van der Waals surface area contributed by atoms with Crippen LogP contribution in [0.4, 0.5) is 0 Å². The van der Waals surface area contributed by atoms with E-state index in [9.17, 15) is 8.42 Å². The number of nitrogens with zero attached hydrogens (tertiary/aromatic N) is 1. The molecule has 6 nitrogen and oxygen atoms in total. The Kier molecular flexibility index (Phi) is 4.56. The molecule has 0 amide bonds. The molecule has 0 radical (unpaired) electrons. The van der Waals surface area contributed by atoms with Crippen molar-refractivity contribution >= 4 is 10.2 Å². The molecule has 0 aromatic heterocycles. The van der Waals surface area contributed by atoms with E-state index in [-0.39, 0.29) is 18.7 Å². The first-order valence-corrected chi connectivity index (χ1v) is 9.15. The summed E-state index contributed by atoms with van der Waals surface area (Å²) in [6, 6.07) is 7.46. The van der Waals surface area contributed by atoms with Crippen molar-refractivity contribution < 1.29 is 17.9 Å². The molecule has 0 spiro atoms. The maximum Gasteiger partial charge on any atom is 0.279 e. The van der Waals surface area contributed by atoms with E-state index in [0.717, 1.165) is 19.3 Å². The van der Waals surface area contributed by atoms with E-state index in [1.54, 1.807) is 4.31 Å². The largest absolute Gasteiger partial charge is 0.486 e. The molecule has 0 saturated carbocycles. The molecule has 2 heterocycles. The molecule has 2 aliphatic rings. The van der Waals surface area contributed by atoms with Gasteiger partial charge in [-0.25, -0.2) is 0 Å². The van der Waals surface area contributed by atoms with Crippen LogP contribution in [0.5, 0.6) is 11.5 Å². The molecule has 1 fully saturated rings. The first kappa shape index (κ1) is 15.6. The Balaban J connectivity index is 1.58. The van der Waals surface area contributed by atoms with Crippen LogP contribution < -0.4 is 14.2 Å². The fourth-order valence-electron chi connectivity index (χ4n) is 2.87. The average Bonchev–Trinajstić information content (AvgIpc) is 2.53. The minimum Gasteiger partial charge on any atom is -0.486 e. The van der Waals surface area contributed by atoms with E-state index < -0.39 is 10.2 Å². The summed E-state index contributed by atoms with van der Waals surface area (Å²) in [6.07, 6.45) is 2.60. The molecule has 0 aliphatic carbocycles. The lowest BCUT2D eigenvalue weighted by atomic mass is 10.1. The lowest BCUT2D eigenvalue weighted by Crippen LogP contribution is -2.50. The van der Waals surface area contributed by atoms with Crippen LogP contribution in [0.3, 0.4) is 0 Å². The molecule has 1 saturated heterocycles. The molecule has 2 atom stereocenters. The van der Waals surface area contributed by atoms with Crippen LogP contribution in [0.1, 0.15) is 26.2 Å². The van der Waals surface area contributed by atoms with Crippen LogP contribution in [0.25, 0.3) is 0 Å². The minimum absolute atomic E-state index is 0.0514. The molecule has 2 unspecified atom stereocenters. The van der Waals surface area contributed by atoms with Crippen molar-refractivity contribution in [2.75, 3.05) is 19.7 Å². The second kappa shape index (κ2) is 6.44. The van der Waals surface area contributed by atoms with Gasteiger partial charge in [-0.05, 0) is 31.9 Å². The zero-order chi connectivity index (χ0) is 15.6. The highest BCUT2D eigenvalue weighted by molar-refractivity contribution is 7.87. The topological polar surface area (TPSA) is 67.9 Å². The molecular weight excluding hydrogens is 304 g/mol. The zero-order valence-corrected chi connectivity index (χ0v) is 13.5. The van der Waals surface area contributed by atoms with E-state index in [1.807, 2.05) is 31.2 Å². The van der Waals surface area contributed by atoms with E-state index >= 15 is 0 Å². The van der Waals surface area contributed by atoms with Crippen molar-refractivity contribution in [3.63, 3.8) is 0 Å². The number of nitrogens with one attached hydrogen (secondary N) is 1. The van der Waals surface area contributed by atoms with Crippen molar-refractivity contribution in [2.45, 2.75) is 38.3 Å². The summed E-state index contributed by atoms with van der Waals surface area (Å²) >= 11 is 0. The third kappa shape index (κ3) is 3.37. The second-order valence-corrected chi connectivity index (χ2v) is 7.51. The molecule has 122 valence electrons. The van der Waals surface area contributed by atoms with Crippen molar-refractivity contribution in [2.24, 2.45) is 0 Å². The monoisotopic (exact) mass is 326 g/mol. The average molecular weight is 326 g/mol. The highest BCUT2D eigenvalue weighted by Crippen LogP contribution is 2.30. The minimum atomic E-state index is -3.46. The van der Waals surface area contributed by atoms with Crippen molar-refractivity contribution in [3.8, 4) is 11.5 Å². The van der Waals surface area contributed by atoms with Gasteiger partial charge in [0, 0.05) is 12.6 Å².